The summed E-state index contributed by atoms with van der Waals surface area (Å²) < 4.78 is 12.1. The van der Waals surface area contributed by atoms with E-state index in [0.717, 1.165) is 24.0 Å². The summed E-state index contributed by atoms with van der Waals surface area (Å²) in [6, 6.07) is 20.2. The molecule has 3 rings (SSSR count). The van der Waals surface area contributed by atoms with E-state index in [1.165, 1.54) is 0 Å². The van der Waals surface area contributed by atoms with Crippen molar-refractivity contribution in [1.82, 2.24) is 0 Å². The lowest BCUT2D eigenvalue weighted by Crippen LogP contribution is -2.47. The molecule has 132 valence electrons. The zero-order valence-electron chi connectivity index (χ0n) is 14.8. The van der Waals surface area contributed by atoms with Crippen LogP contribution in [0.3, 0.4) is 0 Å². The third kappa shape index (κ3) is 4.56. The van der Waals surface area contributed by atoms with E-state index < -0.39 is 5.41 Å². The van der Waals surface area contributed by atoms with Crippen molar-refractivity contribution >= 4 is 5.78 Å². The molecule has 0 aliphatic heterocycles. The quantitative estimate of drug-likeness (QED) is 0.743. The Morgan fingerprint density at radius 1 is 0.960 bits per heavy atom. The first-order chi connectivity index (χ1) is 12.2. The molecule has 0 heterocycles. The number of carbonyl (C=O) groups excluding carboxylic acids is 1. The van der Waals surface area contributed by atoms with Crippen LogP contribution in [0, 0.1) is 5.41 Å². The smallest absolute Gasteiger partial charge is 0.143 e. The average Bonchev–Trinajstić information content (AvgIpc) is 2.65. The summed E-state index contributed by atoms with van der Waals surface area (Å²) in [7, 11) is 0. The molecule has 1 aliphatic rings. The maximum absolute atomic E-state index is 12.6. The molecular formula is C22H26O3. The first-order valence-corrected chi connectivity index (χ1v) is 8.99. The third-order valence-electron chi connectivity index (χ3n) is 5.03. The van der Waals surface area contributed by atoms with Gasteiger partial charge in [0.05, 0.1) is 31.3 Å². The number of Topliss-reactive ketones (excluding diaryl/α,β-unsaturated/α-hetero) is 1. The maximum atomic E-state index is 12.6. The predicted octanol–water partition coefficient (Wildman–Crippen LogP) is 4.55. The minimum absolute atomic E-state index is 0.0928. The number of hydrogen-bond acceptors (Lipinski definition) is 3. The minimum Gasteiger partial charge on any atom is -0.376 e. The number of ether oxygens (including phenoxy) is 2. The van der Waals surface area contributed by atoms with Crippen LogP contribution in [0.15, 0.2) is 60.7 Å². The molecule has 1 saturated carbocycles. The molecule has 25 heavy (non-hydrogen) atoms. The molecule has 2 aromatic rings. The van der Waals surface area contributed by atoms with Crippen LogP contribution in [0.5, 0.6) is 0 Å². The highest BCUT2D eigenvalue weighted by Crippen LogP contribution is 2.36. The fraction of sp³-hybridized carbons (Fsp3) is 0.409. The van der Waals surface area contributed by atoms with Gasteiger partial charge in [-0.25, -0.2) is 0 Å². The summed E-state index contributed by atoms with van der Waals surface area (Å²) >= 11 is 0. The Morgan fingerprint density at radius 3 is 2.20 bits per heavy atom. The highest BCUT2D eigenvalue weighted by atomic mass is 16.5. The third-order valence-corrected chi connectivity index (χ3v) is 5.03. The van der Waals surface area contributed by atoms with Crippen LogP contribution in [-0.4, -0.2) is 18.5 Å². The van der Waals surface area contributed by atoms with Gasteiger partial charge < -0.3 is 9.47 Å². The maximum Gasteiger partial charge on any atom is 0.143 e. The Hall–Kier alpha value is -1.97. The van der Waals surface area contributed by atoms with Gasteiger partial charge in [0.2, 0.25) is 0 Å². The molecule has 0 radical (unpaired) electrons. The molecule has 2 aromatic carbocycles. The van der Waals surface area contributed by atoms with Gasteiger partial charge in [-0.05, 0) is 30.9 Å². The lowest BCUT2D eigenvalue weighted by atomic mass is 9.72. The van der Waals surface area contributed by atoms with Crippen LogP contribution in [0.25, 0.3) is 0 Å². The SMILES string of the molecule is C[C@@]1(COCc2ccccc2)C(=O)CCC[C@@H]1OCc1ccccc1. The average molecular weight is 338 g/mol. The fourth-order valence-electron chi connectivity index (χ4n) is 3.40. The van der Waals surface area contributed by atoms with E-state index in [0.29, 0.717) is 26.2 Å². The van der Waals surface area contributed by atoms with Gasteiger partial charge in [0.25, 0.3) is 0 Å². The van der Waals surface area contributed by atoms with E-state index in [1.807, 2.05) is 67.6 Å². The lowest BCUT2D eigenvalue weighted by Gasteiger charge is -2.39. The molecule has 1 fully saturated rings. The Labute approximate surface area is 150 Å². The molecule has 0 aromatic heterocycles. The zero-order valence-corrected chi connectivity index (χ0v) is 14.8. The van der Waals surface area contributed by atoms with E-state index in [4.69, 9.17) is 9.47 Å². The number of hydrogen-bond donors (Lipinski definition) is 0. The topological polar surface area (TPSA) is 35.5 Å². The standard InChI is InChI=1S/C22H26O3/c1-22(17-24-15-18-9-4-2-5-10-18)20(23)13-8-14-21(22)25-16-19-11-6-3-7-12-19/h2-7,9-12,21H,8,13-17H2,1H3/t21-,22+/m0/s1. The molecule has 0 bridgehead atoms. The summed E-state index contributed by atoms with van der Waals surface area (Å²) in [4.78, 5) is 12.6. The van der Waals surface area contributed by atoms with Gasteiger partial charge in [-0.3, -0.25) is 4.79 Å². The minimum atomic E-state index is -0.568. The van der Waals surface area contributed by atoms with Gasteiger partial charge >= 0.3 is 0 Å². The van der Waals surface area contributed by atoms with Crippen LogP contribution >= 0.6 is 0 Å². The molecule has 0 amide bonds. The van der Waals surface area contributed by atoms with Crippen LogP contribution < -0.4 is 0 Å². The van der Waals surface area contributed by atoms with E-state index in [1.54, 1.807) is 0 Å². The lowest BCUT2D eigenvalue weighted by molar-refractivity contribution is -0.153. The molecule has 0 saturated heterocycles. The summed E-state index contributed by atoms with van der Waals surface area (Å²) in [5.74, 6) is 0.255. The molecular weight excluding hydrogens is 312 g/mol. The number of benzene rings is 2. The normalized spacial score (nSPS) is 23.6. The summed E-state index contributed by atoms with van der Waals surface area (Å²) in [6.45, 7) is 3.46. The Morgan fingerprint density at radius 2 is 1.56 bits per heavy atom. The Balaban J connectivity index is 1.60. The van der Waals surface area contributed by atoms with Gasteiger partial charge in [-0.15, -0.1) is 0 Å². The van der Waals surface area contributed by atoms with E-state index in [2.05, 4.69) is 0 Å². The molecule has 3 heteroatoms. The van der Waals surface area contributed by atoms with Crippen LogP contribution in [0.4, 0.5) is 0 Å². The van der Waals surface area contributed by atoms with Crippen molar-refractivity contribution in [2.75, 3.05) is 6.61 Å². The van der Waals surface area contributed by atoms with Crippen molar-refractivity contribution in [2.24, 2.45) is 5.41 Å². The van der Waals surface area contributed by atoms with Gasteiger partial charge in [0.1, 0.15) is 5.78 Å². The second-order valence-electron chi connectivity index (χ2n) is 7.00. The Bertz CT molecular complexity index is 668. The monoisotopic (exact) mass is 338 g/mol. The molecule has 0 N–H and O–H groups in total. The van der Waals surface area contributed by atoms with Crippen molar-refractivity contribution in [1.29, 1.82) is 0 Å². The van der Waals surface area contributed by atoms with Crippen LogP contribution in [-0.2, 0) is 27.5 Å². The van der Waals surface area contributed by atoms with Crippen LogP contribution in [0.2, 0.25) is 0 Å². The predicted molar refractivity (Wildman–Crippen MR) is 98.1 cm³/mol. The highest BCUT2D eigenvalue weighted by Gasteiger charge is 2.44. The summed E-state index contributed by atoms with van der Waals surface area (Å²) in [5.41, 5.74) is 1.69. The second-order valence-corrected chi connectivity index (χ2v) is 7.00. The first-order valence-electron chi connectivity index (χ1n) is 8.99. The summed E-state index contributed by atoms with van der Waals surface area (Å²) in [6.07, 6.45) is 2.33. The molecule has 0 unspecified atom stereocenters. The first kappa shape index (κ1) is 17.8. The zero-order chi connectivity index (χ0) is 17.5. The van der Waals surface area contributed by atoms with Crippen molar-refractivity contribution in [2.45, 2.75) is 45.5 Å². The molecule has 0 spiro atoms. The number of ketones is 1. The largest absolute Gasteiger partial charge is 0.376 e. The number of rotatable bonds is 7. The van der Waals surface area contributed by atoms with Crippen molar-refractivity contribution in [3.05, 3.63) is 71.8 Å². The molecule has 3 nitrogen and oxygen atoms in total. The van der Waals surface area contributed by atoms with Crippen molar-refractivity contribution in [3.8, 4) is 0 Å². The van der Waals surface area contributed by atoms with E-state index in [-0.39, 0.29) is 11.9 Å². The van der Waals surface area contributed by atoms with Gasteiger partial charge in [-0.1, -0.05) is 60.7 Å². The van der Waals surface area contributed by atoms with Gasteiger partial charge in [0, 0.05) is 6.42 Å². The van der Waals surface area contributed by atoms with Crippen molar-refractivity contribution < 1.29 is 14.3 Å². The molecule has 1 aliphatic carbocycles. The number of carbonyl (C=O) groups is 1. The highest BCUT2D eigenvalue weighted by molar-refractivity contribution is 5.86. The van der Waals surface area contributed by atoms with Crippen LogP contribution in [0.1, 0.15) is 37.3 Å². The molecule has 2 atom stereocenters. The van der Waals surface area contributed by atoms with E-state index in [9.17, 15) is 4.79 Å². The van der Waals surface area contributed by atoms with Crippen molar-refractivity contribution in [3.63, 3.8) is 0 Å². The van der Waals surface area contributed by atoms with E-state index >= 15 is 0 Å². The second kappa shape index (κ2) is 8.41. The summed E-state index contributed by atoms with van der Waals surface area (Å²) in [5, 5.41) is 0. The van der Waals surface area contributed by atoms with Gasteiger partial charge in [-0.2, -0.15) is 0 Å². The van der Waals surface area contributed by atoms with Gasteiger partial charge in [0.15, 0.2) is 0 Å². The fourth-order valence-corrected chi connectivity index (χ4v) is 3.40. The Kier molecular flexibility index (Phi) is 6.00.